The van der Waals surface area contributed by atoms with Crippen LogP contribution in [-0.2, 0) is 0 Å². The number of hydrogen-bond donors (Lipinski definition) is 0. The van der Waals surface area contributed by atoms with Gasteiger partial charge in [-0.25, -0.2) is 4.39 Å². The molecule has 0 fully saturated rings. The molecule has 0 aliphatic rings. The van der Waals surface area contributed by atoms with Gasteiger partial charge in [0.05, 0.1) is 6.61 Å². The van der Waals surface area contributed by atoms with Gasteiger partial charge >= 0.3 is 0 Å². The third-order valence-electron chi connectivity index (χ3n) is 2.91. The highest BCUT2D eigenvalue weighted by Gasteiger charge is 2.08. The predicted octanol–water partition coefficient (Wildman–Crippen LogP) is 4.94. The fourth-order valence-electron chi connectivity index (χ4n) is 1.80. The summed E-state index contributed by atoms with van der Waals surface area (Å²) in [6.07, 6.45) is 6.95. The minimum atomic E-state index is -0.665. The van der Waals surface area contributed by atoms with Crippen LogP contribution in [0, 0.1) is 5.82 Å². The minimum Gasteiger partial charge on any atom is -0.491 e. The topological polar surface area (TPSA) is 26.3 Å². The molecule has 0 unspecified atom stereocenters. The molecule has 0 N–H and O–H groups in total. The number of benzene rings is 1. The molecule has 0 saturated carbocycles. The second-order valence-electron chi connectivity index (χ2n) is 4.54. The molecule has 0 aromatic heterocycles. The van der Waals surface area contributed by atoms with Gasteiger partial charge in [-0.1, -0.05) is 39.0 Å². The fraction of sp³-hybridized carbons (Fsp3) is 0.533. The van der Waals surface area contributed by atoms with Gasteiger partial charge in [0.1, 0.15) is 0 Å². The summed E-state index contributed by atoms with van der Waals surface area (Å²) < 4.78 is 18.9. The second kappa shape index (κ2) is 8.92. The molecule has 106 valence electrons. The van der Waals surface area contributed by atoms with Crippen LogP contribution >= 0.6 is 11.6 Å². The van der Waals surface area contributed by atoms with E-state index < -0.39 is 11.1 Å². The Hall–Kier alpha value is -1.09. The number of carbonyl (C=O) groups is 1. The van der Waals surface area contributed by atoms with E-state index in [2.05, 4.69) is 6.92 Å². The van der Waals surface area contributed by atoms with Crippen molar-refractivity contribution >= 4 is 16.8 Å². The van der Waals surface area contributed by atoms with E-state index in [4.69, 9.17) is 16.3 Å². The summed E-state index contributed by atoms with van der Waals surface area (Å²) in [7, 11) is 0. The van der Waals surface area contributed by atoms with E-state index in [9.17, 15) is 9.18 Å². The molecule has 0 spiro atoms. The van der Waals surface area contributed by atoms with Crippen LogP contribution < -0.4 is 4.74 Å². The first-order valence-electron chi connectivity index (χ1n) is 6.77. The van der Waals surface area contributed by atoms with E-state index in [0.717, 1.165) is 18.9 Å². The van der Waals surface area contributed by atoms with Gasteiger partial charge in [0.25, 0.3) is 5.24 Å². The Morgan fingerprint density at radius 2 is 1.89 bits per heavy atom. The first-order valence-corrected chi connectivity index (χ1v) is 7.15. The molecule has 1 rings (SSSR count). The van der Waals surface area contributed by atoms with E-state index in [1.165, 1.54) is 37.8 Å². The van der Waals surface area contributed by atoms with E-state index in [0.29, 0.717) is 6.61 Å². The van der Waals surface area contributed by atoms with Crippen LogP contribution in [-0.4, -0.2) is 11.8 Å². The van der Waals surface area contributed by atoms with Crippen LogP contribution in [0.25, 0.3) is 0 Å². The van der Waals surface area contributed by atoms with E-state index in [-0.39, 0.29) is 11.3 Å². The number of ether oxygens (including phenoxy) is 1. The minimum absolute atomic E-state index is 0.145. The first-order chi connectivity index (χ1) is 9.15. The average Bonchev–Trinajstić information content (AvgIpc) is 2.39. The Bertz CT molecular complexity index is 407. The van der Waals surface area contributed by atoms with Crippen molar-refractivity contribution in [3.63, 3.8) is 0 Å². The highest BCUT2D eigenvalue weighted by molar-refractivity contribution is 6.67. The van der Waals surface area contributed by atoms with Gasteiger partial charge in [-0.05, 0) is 36.2 Å². The van der Waals surface area contributed by atoms with Crippen molar-refractivity contribution in [1.29, 1.82) is 0 Å². The van der Waals surface area contributed by atoms with Crippen LogP contribution in [0.2, 0.25) is 0 Å². The molecule has 1 aromatic carbocycles. The third kappa shape index (κ3) is 6.06. The smallest absolute Gasteiger partial charge is 0.252 e. The van der Waals surface area contributed by atoms with Gasteiger partial charge in [0.15, 0.2) is 11.6 Å². The van der Waals surface area contributed by atoms with E-state index in [1.807, 2.05) is 0 Å². The number of hydrogen-bond acceptors (Lipinski definition) is 2. The normalized spacial score (nSPS) is 10.5. The number of carbonyl (C=O) groups excluding carboxylic acids is 1. The number of rotatable bonds is 9. The summed E-state index contributed by atoms with van der Waals surface area (Å²) in [6, 6.07) is 4.02. The van der Waals surface area contributed by atoms with E-state index >= 15 is 0 Å². The number of halogens is 2. The van der Waals surface area contributed by atoms with Crippen molar-refractivity contribution in [2.75, 3.05) is 6.61 Å². The van der Waals surface area contributed by atoms with Crippen molar-refractivity contribution in [1.82, 2.24) is 0 Å². The Morgan fingerprint density at radius 3 is 2.53 bits per heavy atom. The molecule has 19 heavy (non-hydrogen) atoms. The maximum absolute atomic E-state index is 13.6. The van der Waals surface area contributed by atoms with Crippen LogP contribution in [0.3, 0.4) is 0 Å². The van der Waals surface area contributed by atoms with Gasteiger partial charge in [-0.3, -0.25) is 4.79 Å². The lowest BCUT2D eigenvalue weighted by Crippen LogP contribution is -2.00. The van der Waals surface area contributed by atoms with Crippen molar-refractivity contribution in [3.05, 3.63) is 29.6 Å². The summed E-state index contributed by atoms with van der Waals surface area (Å²) in [4.78, 5) is 10.9. The molecule has 2 nitrogen and oxygen atoms in total. The molecular formula is C15H20ClFO2. The number of unbranched alkanes of at least 4 members (excludes halogenated alkanes) is 5. The molecule has 1 aromatic rings. The third-order valence-corrected chi connectivity index (χ3v) is 3.13. The summed E-state index contributed by atoms with van der Waals surface area (Å²) in [5.41, 5.74) is 0.145. The predicted molar refractivity (Wildman–Crippen MR) is 75.5 cm³/mol. The second-order valence-corrected chi connectivity index (χ2v) is 4.88. The Morgan fingerprint density at radius 1 is 1.21 bits per heavy atom. The Kier molecular flexibility index (Phi) is 7.49. The van der Waals surface area contributed by atoms with Crippen LogP contribution in [0.15, 0.2) is 18.2 Å². The Balaban J connectivity index is 2.28. The van der Waals surface area contributed by atoms with Crippen molar-refractivity contribution in [2.24, 2.45) is 0 Å². The standard InChI is InChI=1S/C15H20ClFO2/c1-2-3-4-5-6-7-10-19-14-9-8-12(15(16)18)11-13(14)17/h8-9,11H,2-7,10H2,1H3. The summed E-state index contributed by atoms with van der Waals surface area (Å²) in [6.45, 7) is 2.68. The van der Waals surface area contributed by atoms with Crippen LogP contribution in [0.1, 0.15) is 55.8 Å². The highest BCUT2D eigenvalue weighted by Crippen LogP contribution is 2.19. The van der Waals surface area contributed by atoms with Gasteiger partial charge in [-0.2, -0.15) is 0 Å². The molecule has 0 aliphatic carbocycles. The molecule has 0 bridgehead atoms. The van der Waals surface area contributed by atoms with Gasteiger partial charge in [0, 0.05) is 5.56 Å². The maximum atomic E-state index is 13.6. The van der Waals surface area contributed by atoms with E-state index in [1.54, 1.807) is 0 Å². The average molecular weight is 287 g/mol. The molecule has 0 radical (unpaired) electrons. The molecule has 0 saturated heterocycles. The SMILES string of the molecule is CCCCCCCCOc1ccc(C(=O)Cl)cc1F. The van der Waals surface area contributed by atoms with Crippen molar-refractivity contribution < 1.29 is 13.9 Å². The molecule has 0 atom stereocenters. The largest absolute Gasteiger partial charge is 0.491 e. The lowest BCUT2D eigenvalue weighted by atomic mass is 10.1. The maximum Gasteiger partial charge on any atom is 0.252 e. The molecule has 0 heterocycles. The highest BCUT2D eigenvalue weighted by atomic mass is 35.5. The van der Waals surface area contributed by atoms with Gasteiger partial charge < -0.3 is 4.74 Å². The lowest BCUT2D eigenvalue weighted by molar-refractivity contribution is 0.108. The summed E-state index contributed by atoms with van der Waals surface area (Å²) in [5.74, 6) is -0.368. The van der Waals surface area contributed by atoms with Gasteiger partial charge in [0.2, 0.25) is 0 Å². The van der Waals surface area contributed by atoms with Crippen LogP contribution in [0.4, 0.5) is 4.39 Å². The van der Waals surface area contributed by atoms with Gasteiger partial charge in [-0.15, -0.1) is 0 Å². The monoisotopic (exact) mass is 286 g/mol. The molecule has 4 heteroatoms. The quantitative estimate of drug-likeness (QED) is 0.474. The molecular weight excluding hydrogens is 267 g/mol. The Labute approximate surface area is 118 Å². The fourth-order valence-corrected chi connectivity index (χ4v) is 1.92. The zero-order valence-corrected chi connectivity index (χ0v) is 12.0. The van der Waals surface area contributed by atoms with Crippen molar-refractivity contribution in [3.8, 4) is 5.75 Å². The molecule has 0 amide bonds. The lowest BCUT2D eigenvalue weighted by Gasteiger charge is -2.07. The zero-order chi connectivity index (χ0) is 14.1. The van der Waals surface area contributed by atoms with Crippen molar-refractivity contribution in [2.45, 2.75) is 45.4 Å². The van der Waals surface area contributed by atoms with Crippen LogP contribution in [0.5, 0.6) is 5.75 Å². The zero-order valence-electron chi connectivity index (χ0n) is 11.3. The first kappa shape index (κ1) is 16.0. The summed E-state index contributed by atoms with van der Waals surface area (Å²) in [5, 5.41) is -0.665. The molecule has 0 aliphatic heterocycles. The summed E-state index contributed by atoms with van der Waals surface area (Å²) >= 11 is 5.27.